The quantitative estimate of drug-likeness (QED) is 0.792. The van der Waals surface area contributed by atoms with Crippen molar-refractivity contribution in [3.05, 3.63) is 41.1 Å². The summed E-state index contributed by atoms with van der Waals surface area (Å²) in [6, 6.07) is 6.14. The van der Waals surface area contributed by atoms with E-state index in [0.29, 0.717) is 22.5 Å². The fraction of sp³-hybridized carbons (Fsp3) is 0.421. The Hall–Kier alpha value is -2.83. The SMILES string of the molecule is CCOC(=O)C1=C(C)N(C)C(=O)NC1c1cccc(NC(=O)C(C)C)c1. The third-order valence-electron chi connectivity index (χ3n) is 4.26. The van der Waals surface area contributed by atoms with Crippen LogP contribution < -0.4 is 10.6 Å². The monoisotopic (exact) mass is 359 g/mol. The van der Waals surface area contributed by atoms with Gasteiger partial charge < -0.3 is 20.3 Å². The molecule has 1 heterocycles. The molecule has 26 heavy (non-hydrogen) atoms. The molecule has 7 nitrogen and oxygen atoms in total. The number of carbonyl (C=O) groups excluding carboxylic acids is 3. The number of esters is 1. The van der Waals surface area contributed by atoms with Gasteiger partial charge in [0.1, 0.15) is 0 Å². The number of hydrogen-bond donors (Lipinski definition) is 2. The Labute approximate surface area is 153 Å². The van der Waals surface area contributed by atoms with Crippen molar-refractivity contribution in [1.29, 1.82) is 0 Å². The number of amides is 3. The molecule has 2 N–H and O–H groups in total. The molecule has 140 valence electrons. The van der Waals surface area contributed by atoms with Crippen LogP contribution in [0.2, 0.25) is 0 Å². The minimum Gasteiger partial charge on any atom is -0.463 e. The van der Waals surface area contributed by atoms with E-state index in [4.69, 9.17) is 4.74 Å². The number of hydrogen-bond acceptors (Lipinski definition) is 4. The van der Waals surface area contributed by atoms with Crippen LogP contribution in [0.25, 0.3) is 0 Å². The van der Waals surface area contributed by atoms with Crippen molar-refractivity contribution < 1.29 is 19.1 Å². The lowest BCUT2D eigenvalue weighted by Crippen LogP contribution is -2.46. The number of benzene rings is 1. The number of rotatable bonds is 5. The summed E-state index contributed by atoms with van der Waals surface area (Å²) in [6.07, 6.45) is 0. The minimum absolute atomic E-state index is 0.105. The van der Waals surface area contributed by atoms with E-state index < -0.39 is 12.0 Å². The summed E-state index contributed by atoms with van der Waals surface area (Å²) in [4.78, 5) is 38.0. The average Bonchev–Trinajstić information content (AvgIpc) is 2.59. The zero-order valence-corrected chi connectivity index (χ0v) is 15.8. The lowest BCUT2D eigenvalue weighted by Gasteiger charge is -2.33. The molecule has 1 atom stereocenters. The van der Waals surface area contributed by atoms with Gasteiger partial charge in [0.25, 0.3) is 0 Å². The Balaban J connectivity index is 2.42. The zero-order chi connectivity index (χ0) is 19.4. The Morgan fingerprint density at radius 3 is 2.65 bits per heavy atom. The molecule has 2 rings (SSSR count). The van der Waals surface area contributed by atoms with Gasteiger partial charge >= 0.3 is 12.0 Å². The Kier molecular flexibility index (Phi) is 6.02. The molecule has 1 aromatic carbocycles. The molecule has 0 saturated heterocycles. The maximum Gasteiger partial charge on any atom is 0.338 e. The molecule has 0 saturated carbocycles. The van der Waals surface area contributed by atoms with Gasteiger partial charge in [-0.3, -0.25) is 4.79 Å². The van der Waals surface area contributed by atoms with Gasteiger partial charge in [0.2, 0.25) is 5.91 Å². The van der Waals surface area contributed by atoms with Gasteiger partial charge in [-0.15, -0.1) is 0 Å². The van der Waals surface area contributed by atoms with Crippen LogP contribution in [0.15, 0.2) is 35.5 Å². The summed E-state index contributed by atoms with van der Waals surface area (Å²) in [5, 5.41) is 5.65. The maximum absolute atomic E-state index is 12.5. The summed E-state index contributed by atoms with van der Waals surface area (Å²) in [5.74, 6) is -0.732. The topological polar surface area (TPSA) is 87.7 Å². The van der Waals surface area contributed by atoms with Gasteiger partial charge in [0, 0.05) is 24.4 Å². The van der Waals surface area contributed by atoms with Crippen LogP contribution in [0.1, 0.15) is 39.3 Å². The second kappa shape index (κ2) is 8.03. The second-order valence-corrected chi connectivity index (χ2v) is 6.43. The van der Waals surface area contributed by atoms with Crippen LogP contribution in [0.3, 0.4) is 0 Å². The molecule has 0 bridgehead atoms. The van der Waals surface area contributed by atoms with E-state index >= 15 is 0 Å². The van der Waals surface area contributed by atoms with Gasteiger partial charge in [-0.1, -0.05) is 26.0 Å². The summed E-state index contributed by atoms with van der Waals surface area (Å²) >= 11 is 0. The molecule has 0 aromatic heterocycles. The van der Waals surface area contributed by atoms with Crippen LogP contribution in [0.5, 0.6) is 0 Å². The van der Waals surface area contributed by atoms with Gasteiger partial charge in [0.15, 0.2) is 0 Å². The van der Waals surface area contributed by atoms with Gasteiger partial charge in [-0.2, -0.15) is 0 Å². The number of nitrogens with zero attached hydrogens (tertiary/aromatic N) is 1. The molecule has 1 unspecified atom stereocenters. The number of carbonyl (C=O) groups is 3. The lowest BCUT2D eigenvalue weighted by atomic mass is 9.94. The fourth-order valence-corrected chi connectivity index (χ4v) is 2.64. The number of urea groups is 1. The molecule has 3 amide bonds. The van der Waals surface area contributed by atoms with E-state index in [1.54, 1.807) is 59.0 Å². The van der Waals surface area contributed by atoms with E-state index in [1.807, 2.05) is 0 Å². The standard InChI is InChI=1S/C19H25N3O4/c1-6-26-18(24)15-12(4)22(5)19(25)21-16(15)13-8-7-9-14(10-13)20-17(23)11(2)3/h7-11,16H,6H2,1-5H3,(H,20,23)(H,21,25). The predicted octanol–water partition coefficient (Wildman–Crippen LogP) is 2.81. The van der Waals surface area contributed by atoms with E-state index in [9.17, 15) is 14.4 Å². The fourth-order valence-electron chi connectivity index (χ4n) is 2.64. The van der Waals surface area contributed by atoms with E-state index in [-0.39, 0.29) is 24.5 Å². The highest BCUT2D eigenvalue weighted by Crippen LogP contribution is 2.31. The molecule has 1 aliphatic heterocycles. The molecule has 7 heteroatoms. The van der Waals surface area contributed by atoms with Crippen molar-refractivity contribution in [3.63, 3.8) is 0 Å². The maximum atomic E-state index is 12.5. The summed E-state index contributed by atoms with van der Waals surface area (Å²) in [6.45, 7) is 7.30. The van der Waals surface area contributed by atoms with E-state index in [0.717, 1.165) is 0 Å². The van der Waals surface area contributed by atoms with Crippen molar-refractivity contribution in [1.82, 2.24) is 10.2 Å². The molecule has 0 aliphatic carbocycles. The van der Waals surface area contributed by atoms with Crippen LogP contribution in [0, 0.1) is 5.92 Å². The third-order valence-corrected chi connectivity index (χ3v) is 4.26. The molecular weight excluding hydrogens is 334 g/mol. The Morgan fingerprint density at radius 1 is 1.35 bits per heavy atom. The largest absolute Gasteiger partial charge is 0.463 e. The minimum atomic E-state index is -0.645. The average molecular weight is 359 g/mol. The highest BCUT2D eigenvalue weighted by Gasteiger charge is 2.35. The molecule has 0 spiro atoms. The van der Waals surface area contributed by atoms with Gasteiger partial charge in [0.05, 0.1) is 18.2 Å². The van der Waals surface area contributed by atoms with Crippen molar-refractivity contribution in [2.75, 3.05) is 19.0 Å². The molecule has 1 aromatic rings. The first-order chi connectivity index (χ1) is 12.3. The summed E-state index contributed by atoms with van der Waals surface area (Å²) < 4.78 is 5.17. The first kappa shape index (κ1) is 19.5. The van der Waals surface area contributed by atoms with Crippen LogP contribution >= 0.6 is 0 Å². The molecule has 0 radical (unpaired) electrons. The van der Waals surface area contributed by atoms with Gasteiger partial charge in [-0.25, -0.2) is 9.59 Å². The van der Waals surface area contributed by atoms with E-state index in [1.165, 1.54) is 4.90 Å². The molecule has 1 aliphatic rings. The second-order valence-electron chi connectivity index (χ2n) is 6.43. The smallest absolute Gasteiger partial charge is 0.338 e. The molecule has 0 fully saturated rings. The number of ether oxygens (including phenoxy) is 1. The normalized spacial score (nSPS) is 17.2. The van der Waals surface area contributed by atoms with Crippen LogP contribution in [-0.2, 0) is 14.3 Å². The predicted molar refractivity (Wildman–Crippen MR) is 98.3 cm³/mol. The summed E-state index contributed by atoms with van der Waals surface area (Å²) in [7, 11) is 1.60. The summed E-state index contributed by atoms with van der Waals surface area (Å²) in [5.41, 5.74) is 2.21. The first-order valence-corrected chi connectivity index (χ1v) is 8.59. The first-order valence-electron chi connectivity index (χ1n) is 8.59. The number of nitrogens with one attached hydrogen (secondary N) is 2. The van der Waals surface area contributed by atoms with Crippen molar-refractivity contribution in [2.45, 2.75) is 33.7 Å². The van der Waals surface area contributed by atoms with Crippen LogP contribution in [0.4, 0.5) is 10.5 Å². The Bertz CT molecular complexity index is 755. The van der Waals surface area contributed by atoms with Crippen molar-refractivity contribution in [3.8, 4) is 0 Å². The number of anilines is 1. The molecular formula is C19H25N3O4. The van der Waals surface area contributed by atoms with Crippen LogP contribution in [-0.4, -0.2) is 36.5 Å². The van der Waals surface area contributed by atoms with Gasteiger partial charge in [-0.05, 0) is 31.5 Å². The van der Waals surface area contributed by atoms with Crippen molar-refractivity contribution in [2.24, 2.45) is 5.92 Å². The lowest BCUT2D eigenvalue weighted by molar-refractivity contribution is -0.139. The Morgan fingerprint density at radius 2 is 2.04 bits per heavy atom. The van der Waals surface area contributed by atoms with Crippen molar-refractivity contribution >= 4 is 23.6 Å². The highest BCUT2D eigenvalue weighted by molar-refractivity contribution is 5.95. The third kappa shape index (κ3) is 4.04. The highest BCUT2D eigenvalue weighted by atomic mass is 16.5. The zero-order valence-electron chi connectivity index (χ0n) is 15.8. The van der Waals surface area contributed by atoms with E-state index in [2.05, 4.69) is 10.6 Å². The number of allylic oxidation sites excluding steroid dienone is 1.